The second kappa shape index (κ2) is 3.98. The van der Waals surface area contributed by atoms with Gasteiger partial charge in [-0.3, -0.25) is 25.2 Å². The minimum Gasteiger partial charge on any atom is -0.258 e. The topological polar surface area (TPSA) is 99.2 Å². The van der Waals surface area contributed by atoms with E-state index in [0.29, 0.717) is 0 Å². The van der Waals surface area contributed by atoms with E-state index in [1.807, 2.05) is 0 Å². The van der Waals surface area contributed by atoms with E-state index in [-0.39, 0.29) is 21.5 Å². The van der Waals surface area contributed by atoms with E-state index in [1.165, 1.54) is 18.3 Å². The lowest BCUT2D eigenvalue weighted by Crippen LogP contribution is -1.96. The van der Waals surface area contributed by atoms with Crippen LogP contribution in [-0.4, -0.2) is 14.8 Å². The highest BCUT2D eigenvalue weighted by Crippen LogP contribution is 2.36. The molecule has 0 aliphatic carbocycles. The van der Waals surface area contributed by atoms with Crippen LogP contribution >= 0.6 is 12.6 Å². The summed E-state index contributed by atoms with van der Waals surface area (Å²) in [4.78, 5) is 24.1. The van der Waals surface area contributed by atoms with Crippen molar-refractivity contribution in [1.29, 1.82) is 0 Å². The van der Waals surface area contributed by atoms with Crippen LogP contribution in [0.4, 0.5) is 11.4 Å². The number of thiol groups is 1. The van der Waals surface area contributed by atoms with Gasteiger partial charge in [-0.25, -0.2) is 0 Å². The predicted molar refractivity (Wildman–Crippen MR) is 62.3 cm³/mol. The van der Waals surface area contributed by atoms with E-state index < -0.39 is 15.5 Å². The molecule has 0 atom stereocenters. The van der Waals surface area contributed by atoms with Gasteiger partial charge >= 0.3 is 0 Å². The molecule has 0 bridgehead atoms. The number of nitro groups is 2. The number of nitro benzene ring substituents is 2. The van der Waals surface area contributed by atoms with Crippen molar-refractivity contribution in [2.75, 3.05) is 0 Å². The number of hydrogen-bond acceptors (Lipinski definition) is 6. The first-order valence-electron chi connectivity index (χ1n) is 4.42. The average molecular weight is 251 g/mol. The van der Waals surface area contributed by atoms with Crippen LogP contribution in [0, 0.1) is 20.2 Å². The van der Waals surface area contributed by atoms with E-state index in [0.717, 1.165) is 6.07 Å². The smallest absolute Gasteiger partial charge is 0.258 e. The maximum Gasteiger partial charge on any atom is 0.291 e. The minimum absolute atomic E-state index is 0.0243. The number of fused-ring (bicyclic) bond motifs is 1. The lowest BCUT2D eigenvalue weighted by molar-refractivity contribution is -0.394. The van der Waals surface area contributed by atoms with Crippen LogP contribution in [0.2, 0.25) is 0 Å². The Morgan fingerprint density at radius 3 is 2.41 bits per heavy atom. The van der Waals surface area contributed by atoms with Crippen molar-refractivity contribution < 1.29 is 9.85 Å². The lowest BCUT2D eigenvalue weighted by Gasteiger charge is -2.02. The van der Waals surface area contributed by atoms with E-state index in [1.54, 1.807) is 0 Å². The van der Waals surface area contributed by atoms with Crippen molar-refractivity contribution in [1.82, 2.24) is 4.98 Å². The van der Waals surface area contributed by atoms with Crippen molar-refractivity contribution in [3.05, 3.63) is 44.6 Å². The van der Waals surface area contributed by atoms with E-state index in [4.69, 9.17) is 0 Å². The van der Waals surface area contributed by atoms with Gasteiger partial charge in [-0.2, -0.15) is 0 Å². The molecule has 0 unspecified atom stereocenters. The number of non-ortho nitro benzene ring substituents is 1. The van der Waals surface area contributed by atoms with Crippen LogP contribution < -0.4 is 0 Å². The van der Waals surface area contributed by atoms with Crippen LogP contribution in [0.15, 0.2) is 29.3 Å². The Hall–Kier alpha value is -2.22. The molecule has 8 heteroatoms. The van der Waals surface area contributed by atoms with E-state index in [9.17, 15) is 20.2 Å². The molecule has 0 aliphatic rings. The van der Waals surface area contributed by atoms with Crippen LogP contribution in [0.1, 0.15) is 0 Å². The van der Waals surface area contributed by atoms with Gasteiger partial charge in [-0.1, -0.05) is 0 Å². The Labute approximate surface area is 99.8 Å². The highest BCUT2D eigenvalue weighted by atomic mass is 32.1. The number of nitrogens with zero attached hydrogens (tertiary/aromatic N) is 3. The zero-order valence-electron chi connectivity index (χ0n) is 8.23. The third-order valence-electron chi connectivity index (χ3n) is 2.22. The number of hydrogen-bond donors (Lipinski definition) is 1. The molecule has 0 spiro atoms. The summed E-state index contributed by atoms with van der Waals surface area (Å²) < 4.78 is 0. The summed E-state index contributed by atoms with van der Waals surface area (Å²) in [5.74, 6) is 0. The Morgan fingerprint density at radius 1 is 1.18 bits per heavy atom. The molecular formula is C9H5N3O4S. The standard InChI is InChI=1S/C9H5N3O4S/c13-11(14)6-4-7(12(15)16)9(17)8-5(6)2-1-3-10-8/h1-4,17H. The molecule has 1 aromatic heterocycles. The molecule has 0 N–H and O–H groups in total. The summed E-state index contributed by atoms with van der Waals surface area (Å²) in [5, 5.41) is 21.8. The molecule has 0 saturated heterocycles. The number of rotatable bonds is 2. The minimum atomic E-state index is -0.719. The molecule has 7 nitrogen and oxygen atoms in total. The second-order valence-electron chi connectivity index (χ2n) is 3.18. The van der Waals surface area contributed by atoms with Gasteiger partial charge in [-0.15, -0.1) is 12.6 Å². The summed E-state index contributed by atoms with van der Waals surface area (Å²) >= 11 is 3.99. The largest absolute Gasteiger partial charge is 0.291 e. The molecule has 2 rings (SSSR count). The molecule has 0 aliphatic heterocycles. The number of pyridine rings is 1. The van der Waals surface area contributed by atoms with Gasteiger partial charge < -0.3 is 0 Å². The van der Waals surface area contributed by atoms with Gasteiger partial charge in [0.25, 0.3) is 11.4 Å². The maximum absolute atomic E-state index is 10.8. The van der Waals surface area contributed by atoms with Gasteiger partial charge in [0, 0.05) is 6.20 Å². The molecular weight excluding hydrogens is 246 g/mol. The van der Waals surface area contributed by atoms with Crippen molar-refractivity contribution in [3.8, 4) is 0 Å². The molecule has 2 aromatic rings. The van der Waals surface area contributed by atoms with Crippen molar-refractivity contribution in [3.63, 3.8) is 0 Å². The fourth-order valence-electron chi connectivity index (χ4n) is 1.49. The van der Waals surface area contributed by atoms with Gasteiger partial charge in [0.1, 0.15) is 4.90 Å². The summed E-state index contributed by atoms with van der Waals surface area (Å²) in [6.45, 7) is 0. The zero-order chi connectivity index (χ0) is 12.6. The molecule has 0 saturated carbocycles. The Kier molecular flexibility index (Phi) is 2.64. The summed E-state index contributed by atoms with van der Waals surface area (Å²) in [5.41, 5.74) is -0.624. The Balaban J connectivity index is 2.94. The van der Waals surface area contributed by atoms with Gasteiger partial charge in [0.05, 0.1) is 26.8 Å². The number of aromatic nitrogens is 1. The van der Waals surface area contributed by atoms with E-state index in [2.05, 4.69) is 17.6 Å². The van der Waals surface area contributed by atoms with Crippen molar-refractivity contribution in [2.45, 2.75) is 4.90 Å². The normalized spacial score (nSPS) is 10.4. The highest BCUT2D eigenvalue weighted by molar-refractivity contribution is 7.80. The predicted octanol–water partition coefficient (Wildman–Crippen LogP) is 2.34. The third kappa shape index (κ3) is 1.78. The van der Waals surface area contributed by atoms with Crippen molar-refractivity contribution >= 4 is 34.9 Å². The fraction of sp³-hybridized carbons (Fsp3) is 0. The Bertz CT molecular complexity index is 643. The van der Waals surface area contributed by atoms with Crippen LogP contribution in [0.3, 0.4) is 0 Å². The first-order valence-corrected chi connectivity index (χ1v) is 4.86. The zero-order valence-corrected chi connectivity index (χ0v) is 9.13. The first-order chi connectivity index (χ1) is 8.02. The summed E-state index contributed by atoms with van der Waals surface area (Å²) in [6, 6.07) is 3.89. The van der Waals surface area contributed by atoms with Gasteiger partial charge in [0.15, 0.2) is 0 Å². The third-order valence-corrected chi connectivity index (χ3v) is 2.66. The summed E-state index contributed by atoms with van der Waals surface area (Å²) in [6.07, 6.45) is 1.40. The first kappa shape index (κ1) is 11.3. The number of benzene rings is 1. The molecule has 17 heavy (non-hydrogen) atoms. The average Bonchev–Trinajstić information content (AvgIpc) is 2.29. The van der Waals surface area contributed by atoms with Crippen molar-refractivity contribution in [2.24, 2.45) is 0 Å². The van der Waals surface area contributed by atoms with Crippen LogP contribution in [0.25, 0.3) is 10.9 Å². The molecule has 1 heterocycles. The van der Waals surface area contributed by atoms with Gasteiger partial charge in [0.2, 0.25) is 0 Å². The van der Waals surface area contributed by atoms with Crippen LogP contribution in [-0.2, 0) is 0 Å². The Morgan fingerprint density at radius 2 is 1.82 bits per heavy atom. The monoisotopic (exact) mass is 251 g/mol. The lowest BCUT2D eigenvalue weighted by atomic mass is 10.1. The molecule has 86 valence electrons. The SMILES string of the molecule is O=[N+]([O-])c1cc([N+](=O)[O-])c2cccnc2c1S. The quantitative estimate of drug-likeness (QED) is 0.501. The summed E-state index contributed by atoms with van der Waals surface area (Å²) in [7, 11) is 0. The fourth-order valence-corrected chi connectivity index (χ4v) is 1.81. The van der Waals surface area contributed by atoms with Crippen LogP contribution in [0.5, 0.6) is 0 Å². The van der Waals surface area contributed by atoms with E-state index >= 15 is 0 Å². The maximum atomic E-state index is 10.8. The second-order valence-corrected chi connectivity index (χ2v) is 3.62. The molecule has 0 fully saturated rings. The molecule has 0 radical (unpaired) electrons. The molecule has 0 amide bonds. The molecule has 1 aromatic carbocycles. The van der Waals surface area contributed by atoms with Gasteiger partial charge in [-0.05, 0) is 12.1 Å². The highest BCUT2D eigenvalue weighted by Gasteiger charge is 2.24.